The maximum Gasteiger partial charge on any atom is 0.220 e. The van der Waals surface area contributed by atoms with E-state index < -0.39 is 0 Å². The summed E-state index contributed by atoms with van der Waals surface area (Å²) in [5.74, 6) is 1.01. The number of nitrogens with one attached hydrogen (secondary N) is 1. The average Bonchev–Trinajstić information content (AvgIpc) is 2.38. The van der Waals surface area contributed by atoms with Gasteiger partial charge in [-0.05, 0) is 31.7 Å². The van der Waals surface area contributed by atoms with Gasteiger partial charge in [-0.3, -0.25) is 9.69 Å². The lowest BCUT2D eigenvalue weighted by Crippen LogP contribution is -2.46. The third-order valence-electron chi connectivity index (χ3n) is 3.66. The fourth-order valence-electron chi connectivity index (χ4n) is 2.74. The molecule has 5 nitrogen and oxygen atoms in total. The predicted octanol–water partition coefficient (Wildman–Crippen LogP) is 0.834. The second-order valence-electron chi connectivity index (χ2n) is 6.32. The molecule has 3 N–H and O–H groups in total. The zero-order chi connectivity index (χ0) is 15.0. The number of rotatable bonds is 8. The van der Waals surface area contributed by atoms with Gasteiger partial charge in [0.15, 0.2) is 0 Å². The van der Waals surface area contributed by atoms with Crippen molar-refractivity contribution in [3.05, 3.63) is 0 Å². The van der Waals surface area contributed by atoms with E-state index in [9.17, 15) is 4.79 Å². The largest absolute Gasteiger partial charge is 0.379 e. The zero-order valence-corrected chi connectivity index (χ0v) is 13.2. The summed E-state index contributed by atoms with van der Waals surface area (Å²) >= 11 is 0. The van der Waals surface area contributed by atoms with Gasteiger partial charge in [-0.25, -0.2) is 0 Å². The van der Waals surface area contributed by atoms with Gasteiger partial charge in [0.2, 0.25) is 5.91 Å². The molecule has 2 atom stereocenters. The first-order valence-electron chi connectivity index (χ1n) is 7.80. The van der Waals surface area contributed by atoms with Gasteiger partial charge < -0.3 is 15.8 Å². The van der Waals surface area contributed by atoms with E-state index in [-0.39, 0.29) is 11.9 Å². The first kappa shape index (κ1) is 17.4. The number of carbonyl (C=O) groups is 1. The van der Waals surface area contributed by atoms with Gasteiger partial charge in [0, 0.05) is 32.1 Å². The minimum atomic E-state index is 0.127. The van der Waals surface area contributed by atoms with Crippen molar-refractivity contribution in [2.24, 2.45) is 17.6 Å². The molecule has 0 bridgehead atoms. The quantitative estimate of drug-likeness (QED) is 0.693. The van der Waals surface area contributed by atoms with E-state index >= 15 is 0 Å². The van der Waals surface area contributed by atoms with Crippen molar-refractivity contribution in [1.29, 1.82) is 0 Å². The van der Waals surface area contributed by atoms with Crippen molar-refractivity contribution < 1.29 is 9.53 Å². The maximum absolute atomic E-state index is 12.0. The Hall–Kier alpha value is -0.650. The van der Waals surface area contributed by atoms with E-state index in [0.29, 0.717) is 24.8 Å². The third kappa shape index (κ3) is 7.22. The molecule has 118 valence electrons. The molecule has 1 aliphatic heterocycles. The lowest BCUT2D eigenvalue weighted by molar-refractivity contribution is -0.122. The number of carbonyl (C=O) groups excluding carboxylic acids is 1. The normalized spacial score (nSPS) is 19.9. The highest BCUT2D eigenvalue weighted by atomic mass is 16.5. The summed E-state index contributed by atoms with van der Waals surface area (Å²) in [5, 5.41) is 3.09. The molecule has 0 aromatic heterocycles. The van der Waals surface area contributed by atoms with Crippen molar-refractivity contribution in [2.75, 3.05) is 39.4 Å². The Morgan fingerprint density at radius 1 is 1.30 bits per heavy atom. The van der Waals surface area contributed by atoms with Crippen LogP contribution in [-0.4, -0.2) is 56.2 Å². The highest BCUT2D eigenvalue weighted by Gasteiger charge is 2.18. The summed E-state index contributed by atoms with van der Waals surface area (Å²) in [6.45, 7) is 11.4. The second-order valence-corrected chi connectivity index (χ2v) is 6.32. The van der Waals surface area contributed by atoms with Gasteiger partial charge in [-0.1, -0.05) is 13.8 Å². The van der Waals surface area contributed by atoms with Gasteiger partial charge in [0.1, 0.15) is 0 Å². The molecule has 0 aliphatic carbocycles. The number of ether oxygens (including phenoxy) is 1. The lowest BCUT2D eigenvalue weighted by atomic mass is 9.94. The average molecular weight is 285 g/mol. The second kappa shape index (κ2) is 9.32. The molecule has 1 aliphatic rings. The van der Waals surface area contributed by atoms with Crippen LogP contribution in [0.3, 0.4) is 0 Å². The van der Waals surface area contributed by atoms with Crippen LogP contribution in [0.15, 0.2) is 0 Å². The van der Waals surface area contributed by atoms with Crippen LogP contribution in [-0.2, 0) is 9.53 Å². The van der Waals surface area contributed by atoms with E-state index in [4.69, 9.17) is 10.5 Å². The van der Waals surface area contributed by atoms with Crippen LogP contribution in [0.25, 0.3) is 0 Å². The Kier molecular flexibility index (Phi) is 8.11. The van der Waals surface area contributed by atoms with Crippen molar-refractivity contribution in [2.45, 2.75) is 39.7 Å². The van der Waals surface area contributed by atoms with E-state index in [1.165, 1.54) is 0 Å². The first-order valence-corrected chi connectivity index (χ1v) is 7.80. The van der Waals surface area contributed by atoms with Gasteiger partial charge in [-0.2, -0.15) is 0 Å². The minimum absolute atomic E-state index is 0.127. The summed E-state index contributed by atoms with van der Waals surface area (Å²) in [4.78, 5) is 14.4. The van der Waals surface area contributed by atoms with Crippen LogP contribution in [0.4, 0.5) is 0 Å². The number of hydrogen-bond acceptors (Lipinski definition) is 4. The Morgan fingerprint density at radius 2 is 1.95 bits per heavy atom. The lowest BCUT2D eigenvalue weighted by Gasteiger charge is -2.29. The molecule has 0 radical (unpaired) electrons. The van der Waals surface area contributed by atoms with Crippen LogP contribution >= 0.6 is 0 Å². The third-order valence-corrected chi connectivity index (χ3v) is 3.66. The fourth-order valence-corrected chi connectivity index (χ4v) is 2.74. The molecule has 1 rings (SSSR count). The van der Waals surface area contributed by atoms with E-state index in [0.717, 1.165) is 39.3 Å². The Labute approximate surface area is 123 Å². The number of nitrogens with zero attached hydrogens (tertiary/aromatic N) is 1. The van der Waals surface area contributed by atoms with Gasteiger partial charge in [-0.15, -0.1) is 0 Å². The molecule has 0 aromatic carbocycles. The van der Waals surface area contributed by atoms with E-state index in [1.807, 2.05) is 0 Å². The maximum atomic E-state index is 12.0. The predicted molar refractivity (Wildman–Crippen MR) is 81.5 cm³/mol. The smallest absolute Gasteiger partial charge is 0.220 e. The molecular formula is C15H31N3O2. The Bertz CT molecular complexity index is 278. The molecule has 2 unspecified atom stereocenters. The van der Waals surface area contributed by atoms with Crippen LogP contribution in [0.2, 0.25) is 0 Å². The van der Waals surface area contributed by atoms with Gasteiger partial charge in [0.25, 0.3) is 0 Å². The van der Waals surface area contributed by atoms with Crippen LogP contribution in [0, 0.1) is 11.8 Å². The molecule has 0 saturated carbocycles. The topological polar surface area (TPSA) is 67.6 Å². The summed E-state index contributed by atoms with van der Waals surface area (Å²) < 4.78 is 5.32. The summed E-state index contributed by atoms with van der Waals surface area (Å²) in [7, 11) is 0. The van der Waals surface area contributed by atoms with E-state index in [2.05, 4.69) is 31.0 Å². The summed E-state index contributed by atoms with van der Waals surface area (Å²) in [6.07, 6.45) is 1.56. The Balaban J connectivity index is 2.25. The molecule has 1 fully saturated rings. The molecule has 1 amide bonds. The number of hydrogen-bond donors (Lipinski definition) is 2. The highest BCUT2D eigenvalue weighted by Crippen LogP contribution is 2.14. The molecule has 1 heterocycles. The van der Waals surface area contributed by atoms with Crippen molar-refractivity contribution >= 4 is 5.91 Å². The molecule has 5 heteroatoms. The number of morpholine rings is 1. The van der Waals surface area contributed by atoms with E-state index in [1.54, 1.807) is 0 Å². The highest BCUT2D eigenvalue weighted by molar-refractivity contribution is 5.76. The first-order chi connectivity index (χ1) is 9.51. The monoisotopic (exact) mass is 285 g/mol. The van der Waals surface area contributed by atoms with Crippen LogP contribution < -0.4 is 11.1 Å². The number of nitrogens with two attached hydrogens (primary N) is 1. The Morgan fingerprint density at radius 3 is 2.50 bits per heavy atom. The molecule has 1 saturated heterocycles. The standard InChI is InChI=1S/C15H31N3O2/c1-12(2)8-14(10-16)9-15(19)17-13(3)11-18-4-6-20-7-5-18/h12-14H,4-11,16H2,1-3H3,(H,17,19). The minimum Gasteiger partial charge on any atom is -0.379 e. The molecular weight excluding hydrogens is 254 g/mol. The fraction of sp³-hybridized carbons (Fsp3) is 0.933. The van der Waals surface area contributed by atoms with Gasteiger partial charge in [0.05, 0.1) is 13.2 Å². The molecule has 0 aromatic rings. The molecule has 20 heavy (non-hydrogen) atoms. The van der Waals surface area contributed by atoms with Gasteiger partial charge >= 0.3 is 0 Å². The number of amides is 1. The van der Waals surface area contributed by atoms with Crippen LogP contribution in [0.1, 0.15) is 33.6 Å². The van der Waals surface area contributed by atoms with Crippen molar-refractivity contribution in [3.63, 3.8) is 0 Å². The zero-order valence-electron chi connectivity index (χ0n) is 13.2. The van der Waals surface area contributed by atoms with Crippen molar-refractivity contribution in [3.8, 4) is 0 Å². The molecule has 0 spiro atoms. The summed E-state index contributed by atoms with van der Waals surface area (Å²) in [6, 6.07) is 0.179. The van der Waals surface area contributed by atoms with Crippen LogP contribution in [0.5, 0.6) is 0 Å². The SMILES string of the molecule is CC(C)CC(CN)CC(=O)NC(C)CN1CCOCC1. The summed E-state index contributed by atoms with van der Waals surface area (Å²) in [5.41, 5.74) is 5.75. The van der Waals surface area contributed by atoms with Crippen molar-refractivity contribution in [1.82, 2.24) is 10.2 Å².